The van der Waals surface area contributed by atoms with Crippen molar-refractivity contribution >= 4 is 23.5 Å². The average Bonchev–Trinajstić information content (AvgIpc) is 3.16. The Morgan fingerprint density at radius 2 is 1.71 bits per heavy atom. The van der Waals surface area contributed by atoms with E-state index in [0.29, 0.717) is 13.0 Å². The summed E-state index contributed by atoms with van der Waals surface area (Å²) in [5, 5.41) is 4.86. The molecule has 0 aromatic heterocycles. The highest BCUT2D eigenvalue weighted by Crippen LogP contribution is 2.29. The minimum Gasteiger partial charge on any atom is -0.324 e. The Morgan fingerprint density at radius 3 is 2.35 bits per heavy atom. The van der Waals surface area contributed by atoms with Crippen LogP contribution in [0, 0.1) is 13.8 Å². The first-order valence-electron chi connectivity index (χ1n) is 11.9. The van der Waals surface area contributed by atoms with Crippen molar-refractivity contribution in [3.05, 3.63) is 65.2 Å². The van der Waals surface area contributed by atoms with Gasteiger partial charge in [0.1, 0.15) is 12.6 Å². The molecule has 0 aliphatic carbocycles. The molecular formula is C26H33N5O3. The molecule has 2 heterocycles. The number of benzene rings is 2. The number of carbonyl (C=O) groups is 3. The van der Waals surface area contributed by atoms with E-state index in [0.717, 1.165) is 22.4 Å². The zero-order valence-electron chi connectivity index (χ0n) is 20.2. The van der Waals surface area contributed by atoms with Crippen molar-refractivity contribution in [2.45, 2.75) is 52.2 Å². The van der Waals surface area contributed by atoms with Crippen LogP contribution in [0.25, 0.3) is 0 Å². The second kappa shape index (κ2) is 9.95. The molecule has 2 aliphatic heterocycles. The number of para-hydroxylation sites is 1. The number of hydrogen-bond donors (Lipinski definition) is 2. The quantitative estimate of drug-likeness (QED) is 0.660. The van der Waals surface area contributed by atoms with E-state index in [1.165, 1.54) is 4.90 Å². The number of imide groups is 1. The van der Waals surface area contributed by atoms with Gasteiger partial charge in [-0.05, 0) is 43.9 Å². The molecular weight excluding hydrogens is 430 g/mol. The maximum atomic E-state index is 13.6. The maximum Gasteiger partial charge on any atom is 0.327 e. The van der Waals surface area contributed by atoms with Crippen LogP contribution >= 0.6 is 0 Å². The van der Waals surface area contributed by atoms with Gasteiger partial charge in [0, 0.05) is 24.8 Å². The summed E-state index contributed by atoms with van der Waals surface area (Å²) in [6.07, 6.45) is 0.563. The standard InChI is InChI=1S/C26H33N5O3/c1-5-31-24-23(19(4)28-31)30(16-21(32)27-22-17(2)10-9-11-18(22)3)26(34)29(25(24)33)15-14-20-12-7-6-8-13-20/h6-13,19,23-24,28H,5,14-16H2,1-4H3,(H,27,32). The third-order valence-corrected chi connectivity index (χ3v) is 6.76. The second-order valence-corrected chi connectivity index (χ2v) is 9.09. The van der Waals surface area contributed by atoms with E-state index in [9.17, 15) is 14.4 Å². The van der Waals surface area contributed by atoms with Gasteiger partial charge in [0.2, 0.25) is 5.91 Å². The minimum absolute atomic E-state index is 0.119. The lowest BCUT2D eigenvalue weighted by atomic mass is 9.97. The largest absolute Gasteiger partial charge is 0.327 e. The number of rotatable bonds is 7. The number of nitrogens with zero attached hydrogens (tertiary/aromatic N) is 3. The van der Waals surface area contributed by atoms with Gasteiger partial charge < -0.3 is 10.2 Å². The van der Waals surface area contributed by atoms with Gasteiger partial charge in [0.15, 0.2) is 0 Å². The van der Waals surface area contributed by atoms with E-state index in [-0.39, 0.29) is 30.9 Å². The maximum absolute atomic E-state index is 13.6. The Kier molecular flexibility index (Phi) is 7.00. The third kappa shape index (κ3) is 4.56. The Labute approximate surface area is 200 Å². The molecule has 4 amide bonds. The molecule has 2 aromatic rings. The molecule has 8 heteroatoms. The van der Waals surface area contributed by atoms with Gasteiger partial charge in [0.25, 0.3) is 5.91 Å². The van der Waals surface area contributed by atoms with Gasteiger partial charge in [-0.2, -0.15) is 0 Å². The van der Waals surface area contributed by atoms with Crippen molar-refractivity contribution in [2.24, 2.45) is 0 Å². The van der Waals surface area contributed by atoms with E-state index < -0.39 is 18.1 Å². The van der Waals surface area contributed by atoms with E-state index in [1.54, 1.807) is 4.90 Å². The molecule has 2 aliphatic rings. The summed E-state index contributed by atoms with van der Waals surface area (Å²) >= 11 is 0. The molecule has 3 atom stereocenters. The van der Waals surface area contributed by atoms with Gasteiger partial charge in [-0.3, -0.25) is 14.5 Å². The molecule has 0 radical (unpaired) electrons. The zero-order chi connectivity index (χ0) is 24.4. The minimum atomic E-state index is -0.526. The van der Waals surface area contributed by atoms with Crippen molar-refractivity contribution in [3.63, 3.8) is 0 Å². The van der Waals surface area contributed by atoms with Gasteiger partial charge in [-0.1, -0.05) is 55.5 Å². The van der Waals surface area contributed by atoms with Crippen LogP contribution in [0.1, 0.15) is 30.5 Å². The number of fused-ring (bicyclic) bond motifs is 1. The van der Waals surface area contributed by atoms with Crippen LogP contribution in [-0.2, 0) is 16.0 Å². The predicted octanol–water partition coefficient (Wildman–Crippen LogP) is 2.71. The molecule has 0 spiro atoms. The Morgan fingerprint density at radius 1 is 1.03 bits per heavy atom. The van der Waals surface area contributed by atoms with Crippen LogP contribution < -0.4 is 10.7 Å². The van der Waals surface area contributed by atoms with Crippen LogP contribution in [0.2, 0.25) is 0 Å². The monoisotopic (exact) mass is 463 g/mol. The lowest BCUT2D eigenvalue weighted by molar-refractivity contribution is -0.139. The first-order chi connectivity index (χ1) is 16.3. The number of anilines is 1. The molecule has 3 unspecified atom stereocenters. The number of hydrogen-bond acceptors (Lipinski definition) is 5. The second-order valence-electron chi connectivity index (χ2n) is 9.09. The van der Waals surface area contributed by atoms with Crippen molar-refractivity contribution < 1.29 is 14.4 Å². The smallest absolute Gasteiger partial charge is 0.324 e. The van der Waals surface area contributed by atoms with Crippen LogP contribution in [0.3, 0.4) is 0 Å². The van der Waals surface area contributed by atoms with Gasteiger partial charge in [-0.25, -0.2) is 15.2 Å². The molecule has 8 nitrogen and oxygen atoms in total. The number of hydrazine groups is 1. The fraction of sp³-hybridized carbons (Fsp3) is 0.423. The highest BCUT2D eigenvalue weighted by atomic mass is 16.2. The van der Waals surface area contributed by atoms with Gasteiger partial charge in [-0.15, -0.1) is 0 Å². The highest BCUT2D eigenvalue weighted by Gasteiger charge is 2.54. The van der Waals surface area contributed by atoms with Crippen molar-refractivity contribution in [3.8, 4) is 0 Å². The molecule has 0 bridgehead atoms. The molecule has 4 rings (SSSR count). The van der Waals surface area contributed by atoms with Crippen molar-refractivity contribution in [1.82, 2.24) is 20.2 Å². The summed E-state index contributed by atoms with van der Waals surface area (Å²) in [5.74, 6) is -0.486. The zero-order valence-corrected chi connectivity index (χ0v) is 20.2. The van der Waals surface area contributed by atoms with E-state index in [4.69, 9.17) is 0 Å². The first-order valence-corrected chi connectivity index (χ1v) is 11.9. The van der Waals surface area contributed by atoms with E-state index in [2.05, 4.69) is 10.7 Å². The molecule has 2 aromatic carbocycles. The molecule has 2 fully saturated rings. The summed E-state index contributed by atoms with van der Waals surface area (Å²) in [4.78, 5) is 43.0. The van der Waals surface area contributed by atoms with Crippen molar-refractivity contribution in [1.29, 1.82) is 0 Å². The summed E-state index contributed by atoms with van der Waals surface area (Å²) in [6, 6.07) is 14.1. The lowest BCUT2D eigenvalue weighted by Gasteiger charge is -2.43. The molecule has 0 saturated carbocycles. The first kappa shape index (κ1) is 23.9. The van der Waals surface area contributed by atoms with Crippen LogP contribution in [0.5, 0.6) is 0 Å². The SMILES string of the molecule is CCN1NC(C)C2C1C(=O)N(CCc1ccccc1)C(=O)N2CC(=O)Nc1c(C)cccc1C. The molecule has 2 N–H and O–H groups in total. The molecule has 2 saturated heterocycles. The lowest BCUT2D eigenvalue weighted by Crippen LogP contribution is -2.67. The summed E-state index contributed by atoms with van der Waals surface area (Å²) < 4.78 is 0. The molecule has 180 valence electrons. The highest BCUT2D eigenvalue weighted by molar-refractivity contribution is 6.03. The summed E-state index contributed by atoms with van der Waals surface area (Å²) in [7, 11) is 0. The topological polar surface area (TPSA) is 85.0 Å². The number of nitrogens with one attached hydrogen (secondary N) is 2. The predicted molar refractivity (Wildman–Crippen MR) is 131 cm³/mol. The normalized spacial score (nSPS) is 22.8. The fourth-order valence-electron chi connectivity index (χ4n) is 5.03. The van der Waals surface area contributed by atoms with Crippen LogP contribution in [0.4, 0.5) is 10.5 Å². The number of carbonyl (C=O) groups excluding carboxylic acids is 3. The number of likely N-dealkylation sites (N-methyl/N-ethyl adjacent to an activating group) is 1. The van der Waals surface area contributed by atoms with Gasteiger partial charge >= 0.3 is 6.03 Å². The van der Waals surface area contributed by atoms with E-state index in [1.807, 2.05) is 81.2 Å². The summed E-state index contributed by atoms with van der Waals surface area (Å²) in [5.41, 5.74) is 7.06. The number of urea groups is 1. The Bertz CT molecular complexity index is 1050. The average molecular weight is 464 g/mol. The summed E-state index contributed by atoms with van der Waals surface area (Å²) in [6.45, 7) is 8.56. The number of amides is 4. The third-order valence-electron chi connectivity index (χ3n) is 6.76. The van der Waals surface area contributed by atoms with Crippen LogP contribution in [-0.4, -0.2) is 70.4 Å². The Balaban J connectivity index is 1.57. The van der Waals surface area contributed by atoms with E-state index >= 15 is 0 Å². The van der Waals surface area contributed by atoms with Gasteiger partial charge in [0.05, 0.1) is 6.04 Å². The fourth-order valence-corrected chi connectivity index (χ4v) is 5.03. The Hall–Kier alpha value is -3.23. The number of aryl methyl sites for hydroxylation is 2. The van der Waals surface area contributed by atoms with Crippen molar-refractivity contribution in [2.75, 3.05) is 25.0 Å². The molecule has 34 heavy (non-hydrogen) atoms. The van der Waals surface area contributed by atoms with Crippen LogP contribution in [0.15, 0.2) is 48.5 Å².